The Balaban J connectivity index is 1.82. The molecule has 2 aliphatic rings. The molecule has 6 heteroatoms. The number of aromatic nitrogens is 2. The number of benzene rings is 1. The van der Waals surface area contributed by atoms with Crippen molar-refractivity contribution >= 4 is 29.0 Å². The summed E-state index contributed by atoms with van der Waals surface area (Å²) in [5, 5.41) is 9.80. The van der Waals surface area contributed by atoms with Crippen LogP contribution in [0.25, 0.3) is 5.69 Å². The van der Waals surface area contributed by atoms with Gasteiger partial charge in [0.25, 0.3) is 0 Å². The fourth-order valence-corrected chi connectivity index (χ4v) is 4.31. The molecule has 0 spiro atoms. The highest BCUT2D eigenvalue weighted by Crippen LogP contribution is 2.37. The van der Waals surface area contributed by atoms with Crippen LogP contribution in [0, 0.1) is 0 Å². The molecule has 1 aromatic carbocycles. The smallest absolute Gasteiger partial charge is 0.133 e. The molecule has 0 radical (unpaired) electrons. The van der Waals surface area contributed by atoms with Crippen LogP contribution in [0.3, 0.4) is 0 Å². The first-order chi connectivity index (χ1) is 12.1. The lowest BCUT2D eigenvalue weighted by Crippen LogP contribution is -2.30. The van der Waals surface area contributed by atoms with Gasteiger partial charge in [0.05, 0.1) is 27.5 Å². The zero-order valence-electron chi connectivity index (χ0n) is 14.6. The van der Waals surface area contributed by atoms with E-state index in [1.807, 2.05) is 22.9 Å². The summed E-state index contributed by atoms with van der Waals surface area (Å²) in [7, 11) is 2.22. The van der Waals surface area contributed by atoms with Gasteiger partial charge in [0.15, 0.2) is 0 Å². The molecule has 0 aliphatic carbocycles. The second-order valence-electron chi connectivity index (χ2n) is 7.10. The molecule has 0 saturated carbocycles. The Morgan fingerprint density at radius 2 is 2.00 bits per heavy atom. The minimum Gasteiger partial charge on any atom is -0.370 e. The average molecular weight is 379 g/mol. The summed E-state index contributed by atoms with van der Waals surface area (Å²) in [5.74, 6) is 1.13. The van der Waals surface area contributed by atoms with Crippen LogP contribution in [-0.2, 0) is 6.42 Å². The molecule has 4 nitrogen and oxygen atoms in total. The number of hydrogen-bond acceptors (Lipinski definition) is 3. The van der Waals surface area contributed by atoms with Gasteiger partial charge < -0.3 is 5.32 Å². The fraction of sp³-hybridized carbons (Fsp3) is 0.526. The molecule has 1 atom stereocenters. The van der Waals surface area contributed by atoms with Crippen LogP contribution < -0.4 is 5.32 Å². The van der Waals surface area contributed by atoms with E-state index in [0.717, 1.165) is 31.0 Å². The highest BCUT2D eigenvalue weighted by atomic mass is 35.5. The Bertz CT molecular complexity index is 771. The van der Waals surface area contributed by atoms with Crippen molar-refractivity contribution in [1.82, 2.24) is 14.7 Å². The number of piperidine rings is 1. The summed E-state index contributed by atoms with van der Waals surface area (Å²) >= 11 is 12.4. The number of likely N-dealkylation sites (tertiary alicyclic amines) is 1. The van der Waals surface area contributed by atoms with Crippen LogP contribution in [0.15, 0.2) is 18.2 Å². The van der Waals surface area contributed by atoms with Crippen LogP contribution in [-0.4, -0.2) is 34.8 Å². The van der Waals surface area contributed by atoms with Gasteiger partial charge in [-0.05, 0) is 63.9 Å². The molecule has 25 heavy (non-hydrogen) atoms. The van der Waals surface area contributed by atoms with Gasteiger partial charge in [-0.25, -0.2) is 4.68 Å². The summed E-state index contributed by atoms with van der Waals surface area (Å²) in [6.45, 7) is 2.13. The van der Waals surface area contributed by atoms with Crippen LogP contribution >= 0.6 is 23.2 Å². The summed E-state index contributed by atoms with van der Waals surface area (Å²) in [6.07, 6.45) is 7.22. The van der Waals surface area contributed by atoms with Gasteiger partial charge in [-0.3, -0.25) is 4.90 Å². The lowest BCUT2D eigenvalue weighted by atomic mass is 9.96. The molecule has 1 unspecified atom stereocenters. The van der Waals surface area contributed by atoms with Crippen molar-refractivity contribution in [2.24, 2.45) is 0 Å². The van der Waals surface area contributed by atoms with Crippen molar-refractivity contribution in [2.75, 3.05) is 25.5 Å². The molecule has 1 fully saturated rings. The molecule has 1 aromatic heterocycles. The molecule has 2 aromatic rings. The minimum atomic E-state index is 0.409. The predicted molar refractivity (Wildman–Crippen MR) is 104 cm³/mol. The van der Waals surface area contributed by atoms with E-state index >= 15 is 0 Å². The molecule has 4 rings (SSSR count). The van der Waals surface area contributed by atoms with Gasteiger partial charge in [-0.1, -0.05) is 29.6 Å². The quantitative estimate of drug-likeness (QED) is 0.790. The molecular weight excluding hydrogens is 355 g/mol. The molecule has 0 amide bonds. The Labute approximate surface area is 159 Å². The summed E-state index contributed by atoms with van der Waals surface area (Å²) in [6, 6.07) is 6.14. The standard InChI is InChI=1S/C19H24Cl2N4/c1-24-11-5-3-7-17(24)18-14-6-2-4-10-22-19(14)25(23-18)13-8-9-15(20)16(21)12-13/h8-9,12,17,22H,2-7,10-11H2,1H3. The highest BCUT2D eigenvalue weighted by molar-refractivity contribution is 6.42. The van der Waals surface area contributed by atoms with Crippen molar-refractivity contribution in [3.05, 3.63) is 39.5 Å². The third-order valence-electron chi connectivity index (χ3n) is 5.39. The van der Waals surface area contributed by atoms with Gasteiger partial charge in [0.2, 0.25) is 0 Å². The number of nitrogens with one attached hydrogen (secondary N) is 1. The zero-order valence-corrected chi connectivity index (χ0v) is 16.1. The van der Waals surface area contributed by atoms with Crippen molar-refractivity contribution < 1.29 is 0 Å². The van der Waals surface area contributed by atoms with E-state index in [1.54, 1.807) is 0 Å². The molecule has 1 saturated heterocycles. The first-order valence-electron chi connectivity index (χ1n) is 9.16. The second-order valence-corrected chi connectivity index (χ2v) is 7.91. The van der Waals surface area contributed by atoms with E-state index in [-0.39, 0.29) is 0 Å². The van der Waals surface area contributed by atoms with E-state index in [1.165, 1.54) is 43.4 Å². The maximum absolute atomic E-state index is 6.26. The third kappa shape index (κ3) is 3.27. The summed E-state index contributed by atoms with van der Waals surface area (Å²) in [5.41, 5.74) is 3.57. The predicted octanol–water partition coefficient (Wildman–Crippen LogP) is 5.08. The van der Waals surface area contributed by atoms with E-state index in [9.17, 15) is 0 Å². The van der Waals surface area contributed by atoms with Crippen molar-refractivity contribution in [1.29, 1.82) is 0 Å². The molecule has 2 aliphatic heterocycles. The molecular formula is C19H24Cl2N4. The lowest BCUT2D eigenvalue weighted by molar-refractivity contribution is 0.182. The maximum atomic E-state index is 6.26. The van der Waals surface area contributed by atoms with Crippen molar-refractivity contribution in [2.45, 2.75) is 44.6 Å². The lowest BCUT2D eigenvalue weighted by Gasteiger charge is -2.31. The normalized spacial score (nSPS) is 21.5. The van der Waals surface area contributed by atoms with Gasteiger partial charge in [0, 0.05) is 12.1 Å². The van der Waals surface area contributed by atoms with Crippen molar-refractivity contribution in [3.8, 4) is 5.69 Å². The first kappa shape index (κ1) is 17.2. The highest BCUT2D eigenvalue weighted by Gasteiger charge is 2.29. The molecule has 0 bridgehead atoms. The monoisotopic (exact) mass is 378 g/mol. The Hall–Kier alpha value is -1.23. The maximum Gasteiger partial charge on any atom is 0.133 e. The minimum absolute atomic E-state index is 0.409. The van der Waals surface area contributed by atoms with Crippen LogP contribution in [0.2, 0.25) is 10.0 Å². The number of halogens is 2. The van der Waals surface area contributed by atoms with Gasteiger partial charge in [-0.15, -0.1) is 0 Å². The number of hydrogen-bond donors (Lipinski definition) is 1. The number of nitrogens with zero attached hydrogens (tertiary/aromatic N) is 3. The van der Waals surface area contributed by atoms with Crippen LogP contribution in [0.4, 0.5) is 5.82 Å². The summed E-state index contributed by atoms with van der Waals surface area (Å²) < 4.78 is 2.03. The second kappa shape index (κ2) is 7.18. The number of fused-ring (bicyclic) bond motifs is 1. The third-order valence-corrected chi connectivity index (χ3v) is 6.13. The fourth-order valence-electron chi connectivity index (χ4n) is 4.02. The molecule has 1 N–H and O–H groups in total. The summed E-state index contributed by atoms with van der Waals surface area (Å²) in [4.78, 5) is 2.45. The van der Waals surface area contributed by atoms with Crippen molar-refractivity contribution in [3.63, 3.8) is 0 Å². The Kier molecular flexibility index (Phi) is 4.94. The Morgan fingerprint density at radius 3 is 2.80 bits per heavy atom. The van der Waals surface area contributed by atoms with Gasteiger partial charge >= 0.3 is 0 Å². The van der Waals surface area contributed by atoms with E-state index in [4.69, 9.17) is 28.3 Å². The van der Waals surface area contributed by atoms with E-state index < -0.39 is 0 Å². The number of rotatable bonds is 2. The molecule has 3 heterocycles. The van der Waals surface area contributed by atoms with E-state index in [2.05, 4.69) is 17.3 Å². The zero-order chi connectivity index (χ0) is 17.4. The molecule has 134 valence electrons. The van der Waals surface area contributed by atoms with Crippen LogP contribution in [0.1, 0.15) is 49.4 Å². The van der Waals surface area contributed by atoms with E-state index in [0.29, 0.717) is 16.1 Å². The van der Waals surface area contributed by atoms with Gasteiger partial charge in [-0.2, -0.15) is 5.10 Å². The average Bonchev–Trinajstić information content (AvgIpc) is 2.79. The van der Waals surface area contributed by atoms with Gasteiger partial charge in [0.1, 0.15) is 5.82 Å². The largest absolute Gasteiger partial charge is 0.370 e. The first-order valence-corrected chi connectivity index (χ1v) is 9.92. The number of anilines is 1. The Morgan fingerprint density at radius 1 is 1.12 bits per heavy atom. The SMILES string of the molecule is CN1CCCCC1c1nn(-c2ccc(Cl)c(Cl)c2)c2c1CCCCN2. The topological polar surface area (TPSA) is 33.1 Å². The van der Waals surface area contributed by atoms with Crippen LogP contribution in [0.5, 0.6) is 0 Å².